The number of halogens is 1. The molecule has 0 amide bonds. The van der Waals surface area contributed by atoms with Crippen molar-refractivity contribution in [2.75, 3.05) is 40.0 Å². The van der Waals surface area contributed by atoms with Crippen LogP contribution in [0.15, 0.2) is 23.2 Å². The zero-order valence-electron chi connectivity index (χ0n) is 17.7. The monoisotopic (exact) mass is 505 g/mol. The molecular formula is C21H36IN3O3. The highest BCUT2D eigenvalue weighted by molar-refractivity contribution is 14.0. The molecule has 0 saturated heterocycles. The van der Waals surface area contributed by atoms with Crippen molar-refractivity contribution in [1.82, 2.24) is 10.2 Å². The van der Waals surface area contributed by atoms with Crippen molar-refractivity contribution in [3.05, 3.63) is 23.8 Å². The van der Waals surface area contributed by atoms with Gasteiger partial charge in [0.05, 0.1) is 0 Å². The molecule has 0 unspecified atom stereocenters. The van der Waals surface area contributed by atoms with E-state index in [2.05, 4.69) is 37.1 Å². The van der Waals surface area contributed by atoms with E-state index in [1.807, 2.05) is 19.2 Å². The molecule has 0 fully saturated rings. The molecule has 1 aliphatic heterocycles. The van der Waals surface area contributed by atoms with Crippen LogP contribution in [-0.4, -0.2) is 55.9 Å². The number of fused-ring (bicyclic) bond motifs is 1. The van der Waals surface area contributed by atoms with Crippen molar-refractivity contribution in [2.45, 2.75) is 46.6 Å². The molecule has 1 aromatic rings. The first-order valence-electron chi connectivity index (χ1n) is 10.1. The largest absolute Gasteiger partial charge is 0.486 e. The Morgan fingerprint density at radius 1 is 1.18 bits per heavy atom. The molecule has 7 heteroatoms. The first-order valence-corrected chi connectivity index (χ1v) is 10.1. The van der Waals surface area contributed by atoms with Gasteiger partial charge in [-0.3, -0.25) is 4.99 Å². The minimum Gasteiger partial charge on any atom is -0.486 e. The van der Waals surface area contributed by atoms with Crippen LogP contribution >= 0.6 is 24.0 Å². The summed E-state index contributed by atoms with van der Waals surface area (Å²) in [6, 6.07) is 6.09. The van der Waals surface area contributed by atoms with E-state index in [-0.39, 0.29) is 36.0 Å². The number of aliphatic hydroxyl groups is 1. The number of hydrogen-bond donors (Lipinski definition) is 2. The van der Waals surface area contributed by atoms with Crippen LogP contribution in [0, 0.1) is 5.41 Å². The highest BCUT2D eigenvalue weighted by atomic mass is 127. The van der Waals surface area contributed by atoms with Crippen molar-refractivity contribution in [3.63, 3.8) is 0 Å². The smallest absolute Gasteiger partial charge is 0.193 e. The molecule has 1 aromatic carbocycles. The van der Waals surface area contributed by atoms with Crippen LogP contribution in [0.4, 0.5) is 0 Å². The highest BCUT2D eigenvalue weighted by Gasteiger charge is 2.25. The van der Waals surface area contributed by atoms with E-state index in [0.717, 1.165) is 55.4 Å². The SMILES string of the molecule is CCNC(=NCC(CC)(CC)CCO)N(C)Cc1ccc2c(c1)OCCO2.I. The average molecular weight is 505 g/mol. The number of benzene rings is 1. The van der Waals surface area contributed by atoms with Gasteiger partial charge in [-0.05, 0) is 49.3 Å². The molecule has 1 heterocycles. The number of guanidine groups is 1. The molecule has 0 saturated carbocycles. The molecule has 0 spiro atoms. The third-order valence-electron chi connectivity index (χ3n) is 5.43. The normalized spacial score (nSPS) is 13.7. The first-order chi connectivity index (χ1) is 13.1. The second kappa shape index (κ2) is 12.4. The molecule has 0 aromatic heterocycles. The zero-order chi connectivity index (χ0) is 19.7. The Bertz CT molecular complexity index is 621. The molecule has 2 rings (SSSR count). The number of nitrogens with one attached hydrogen (secondary N) is 1. The van der Waals surface area contributed by atoms with Crippen LogP contribution in [-0.2, 0) is 6.54 Å². The highest BCUT2D eigenvalue weighted by Crippen LogP contribution is 2.32. The summed E-state index contributed by atoms with van der Waals surface area (Å²) in [5.41, 5.74) is 1.22. The van der Waals surface area contributed by atoms with Crippen molar-refractivity contribution in [3.8, 4) is 11.5 Å². The molecule has 0 atom stereocenters. The Balaban J connectivity index is 0.00000392. The summed E-state index contributed by atoms with van der Waals surface area (Å²) in [4.78, 5) is 7.02. The van der Waals surface area contributed by atoms with Crippen LogP contribution in [0.25, 0.3) is 0 Å². The van der Waals surface area contributed by atoms with Gasteiger partial charge in [-0.25, -0.2) is 0 Å². The van der Waals surface area contributed by atoms with Gasteiger partial charge in [0.25, 0.3) is 0 Å². The fourth-order valence-electron chi connectivity index (χ4n) is 3.39. The molecule has 0 bridgehead atoms. The van der Waals surface area contributed by atoms with Gasteiger partial charge >= 0.3 is 0 Å². The van der Waals surface area contributed by atoms with Crippen molar-refractivity contribution < 1.29 is 14.6 Å². The standard InChI is InChI=1S/C21H35N3O3.HI/c1-5-21(6-2,10-11-25)16-23-20(22-7-3)24(4)15-17-8-9-18-19(14-17)27-13-12-26-18;/h8-9,14,25H,5-7,10-13,15-16H2,1-4H3,(H,22,23);1H. The van der Waals surface area contributed by atoms with Crippen LogP contribution in [0.3, 0.4) is 0 Å². The molecule has 1 aliphatic rings. The van der Waals surface area contributed by atoms with Crippen LogP contribution in [0.5, 0.6) is 11.5 Å². The summed E-state index contributed by atoms with van der Waals surface area (Å²) in [7, 11) is 2.05. The molecule has 2 N–H and O–H groups in total. The second-order valence-corrected chi connectivity index (χ2v) is 7.18. The van der Waals surface area contributed by atoms with Gasteiger partial charge in [-0.2, -0.15) is 0 Å². The Morgan fingerprint density at radius 2 is 1.86 bits per heavy atom. The number of hydrogen-bond acceptors (Lipinski definition) is 4. The van der Waals surface area contributed by atoms with Crippen LogP contribution in [0.2, 0.25) is 0 Å². The van der Waals surface area contributed by atoms with Crippen LogP contribution < -0.4 is 14.8 Å². The predicted molar refractivity (Wildman–Crippen MR) is 125 cm³/mol. The van der Waals surface area contributed by atoms with Gasteiger partial charge in [0, 0.05) is 33.3 Å². The van der Waals surface area contributed by atoms with Gasteiger partial charge in [0.15, 0.2) is 17.5 Å². The van der Waals surface area contributed by atoms with Gasteiger partial charge in [-0.1, -0.05) is 19.9 Å². The third kappa shape index (κ3) is 6.69. The Labute approximate surface area is 186 Å². The van der Waals surface area contributed by atoms with Gasteiger partial charge in [-0.15, -0.1) is 24.0 Å². The Morgan fingerprint density at radius 3 is 2.46 bits per heavy atom. The average Bonchev–Trinajstić information content (AvgIpc) is 2.70. The van der Waals surface area contributed by atoms with E-state index in [0.29, 0.717) is 19.8 Å². The van der Waals surface area contributed by atoms with Gasteiger partial charge < -0.3 is 24.8 Å². The lowest BCUT2D eigenvalue weighted by Gasteiger charge is -2.30. The summed E-state index contributed by atoms with van der Waals surface area (Å²) in [5, 5.41) is 12.8. The number of aliphatic hydroxyl groups excluding tert-OH is 1. The zero-order valence-corrected chi connectivity index (χ0v) is 20.0. The van der Waals surface area contributed by atoms with Crippen molar-refractivity contribution in [1.29, 1.82) is 0 Å². The fourth-order valence-corrected chi connectivity index (χ4v) is 3.39. The minimum absolute atomic E-state index is 0. The molecule has 0 radical (unpaired) electrons. The number of rotatable bonds is 9. The number of ether oxygens (including phenoxy) is 2. The van der Waals surface area contributed by atoms with E-state index >= 15 is 0 Å². The summed E-state index contributed by atoms with van der Waals surface area (Å²) in [6.45, 7) is 10.1. The number of aliphatic imine (C=N–C) groups is 1. The maximum Gasteiger partial charge on any atom is 0.193 e. The van der Waals surface area contributed by atoms with E-state index in [1.54, 1.807) is 0 Å². The Kier molecular flexibility index (Phi) is 11.0. The van der Waals surface area contributed by atoms with Crippen molar-refractivity contribution in [2.24, 2.45) is 10.4 Å². The van der Waals surface area contributed by atoms with E-state index in [9.17, 15) is 5.11 Å². The summed E-state index contributed by atoms with van der Waals surface area (Å²) >= 11 is 0. The lowest BCUT2D eigenvalue weighted by atomic mass is 9.79. The van der Waals surface area contributed by atoms with E-state index in [1.165, 1.54) is 0 Å². The van der Waals surface area contributed by atoms with Crippen molar-refractivity contribution >= 4 is 29.9 Å². The third-order valence-corrected chi connectivity index (χ3v) is 5.43. The number of nitrogens with zero attached hydrogens (tertiary/aromatic N) is 2. The van der Waals surface area contributed by atoms with Gasteiger partial charge in [0.1, 0.15) is 13.2 Å². The molecule has 160 valence electrons. The summed E-state index contributed by atoms with van der Waals surface area (Å²) in [6.07, 6.45) is 2.81. The molecule has 0 aliphatic carbocycles. The van der Waals surface area contributed by atoms with Gasteiger partial charge in [0.2, 0.25) is 0 Å². The molecular weight excluding hydrogens is 469 g/mol. The second-order valence-electron chi connectivity index (χ2n) is 7.18. The topological polar surface area (TPSA) is 66.3 Å². The molecule has 28 heavy (non-hydrogen) atoms. The minimum atomic E-state index is 0. The maximum atomic E-state index is 9.44. The summed E-state index contributed by atoms with van der Waals surface area (Å²) in [5.74, 6) is 2.51. The maximum absolute atomic E-state index is 9.44. The lowest BCUT2D eigenvalue weighted by molar-refractivity contribution is 0.171. The summed E-state index contributed by atoms with van der Waals surface area (Å²) < 4.78 is 11.3. The van der Waals surface area contributed by atoms with Crippen LogP contribution in [0.1, 0.15) is 45.6 Å². The van der Waals surface area contributed by atoms with E-state index in [4.69, 9.17) is 14.5 Å². The Hall–Kier alpha value is -1.22. The predicted octanol–water partition coefficient (Wildman–Crippen LogP) is 3.66. The quantitative estimate of drug-likeness (QED) is 0.305. The fraction of sp³-hybridized carbons (Fsp3) is 0.667. The first kappa shape index (κ1) is 24.8. The van der Waals surface area contributed by atoms with E-state index < -0.39 is 0 Å². The molecule has 6 nitrogen and oxygen atoms in total. The lowest BCUT2D eigenvalue weighted by Crippen LogP contribution is -2.39.